The van der Waals surface area contributed by atoms with Gasteiger partial charge in [-0.2, -0.15) is 9.97 Å². The van der Waals surface area contributed by atoms with Crippen LogP contribution in [0, 0.1) is 6.92 Å². The molecule has 0 aliphatic rings. The number of amides is 1. The van der Waals surface area contributed by atoms with Crippen molar-refractivity contribution in [3.05, 3.63) is 54.0 Å². The summed E-state index contributed by atoms with van der Waals surface area (Å²) in [7, 11) is 3.12. The predicted octanol–water partition coefficient (Wildman–Crippen LogP) is 4.23. The molecule has 33 heavy (non-hydrogen) atoms. The number of aromatic nitrogens is 4. The molecule has 3 N–H and O–H groups in total. The largest absolute Gasteiger partial charge is 0.495 e. The number of pyridine rings is 1. The fourth-order valence-electron chi connectivity index (χ4n) is 3.51. The van der Waals surface area contributed by atoms with Gasteiger partial charge in [0.15, 0.2) is 0 Å². The van der Waals surface area contributed by atoms with E-state index in [0.29, 0.717) is 34.5 Å². The first-order valence-electron chi connectivity index (χ1n) is 10.6. The first kappa shape index (κ1) is 22.1. The Balaban J connectivity index is 1.78. The summed E-state index contributed by atoms with van der Waals surface area (Å²) in [6, 6.07) is 9.06. The third-order valence-corrected chi connectivity index (χ3v) is 4.99. The molecule has 0 bridgehead atoms. The number of aromatic amines is 1. The van der Waals surface area contributed by atoms with Crippen molar-refractivity contribution in [3.8, 4) is 22.8 Å². The maximum Gasteiger partial charge on any atom is 0.251 e. The second-order valence-electron chi connectivity index (χ2n) is 7.75. The number of anilines is 2. The number of nitrogens with zero attached hydrogens (tertiary/aromatic N) is 3. The zero-order chi connectivity index (χ0) is 23.5. The Morgan fingerprint density at radius 2 is 1.97 bits per heavy atom. The number of benzene rings is 1. The molecule has 0 saturated heterocycles. The van der Waals surface area contributed by atoms with E-state index in [1.54, 1.807) is 38.6 Å². The third-order valence-electron chi connectivity index (χ3n) is 4.99. The summed E-state index contributed by atoms with van der Waals surface area (Å²) in [6.07, 6.45) is 3.58. The van der Waals surface area contributed by atoms with E-state index < -0.39 is 0 Å². The number of methoxy groups -OCH3 is 1. The van der Waals surface area contributed by atoms with Crippen LogP contribution in [-0.4, -0.2) is 46.1 Å². The Bertz CT molecular complexity index is 1320. The monoisotopic (exact) mass is 446 g/mol. The standard InChI is InChI=1S/C24H26N6O3/c1-13(2)33-23-20-17(15-8-9-26-14(3)10-15)12-27-21(20)29-24(30-23)28-18-7-6-16(22(31)25-4)11-19(18)32-5/h6-13H,1-5H3,(H,25,31)(H2,27,28,29,30). The normalized spacial score (nSPS) is 11.0. The predicted molar refractivity (Wildman–Crippen MR) is 127 cm³/mol. The van der Waals surface area contributed by atoms with Crippen molar-refractivity contribution in [3.63, 3.8) is 0 Å². The maximum atomic E-state index is 11.9. The van der Waals surface area contributed by atoms with Gasteiger partial charge in [-0.15, -0.1) is 0 Å². The van der Waals surface area contributed by atoms with Crippen LogP contribution in [-0.2, 0) is 0 Å². The van der Waals surface area contributed by atoms with Gasteiger partial charge in [0.2, 0.25) is 11.8 Å². The highest BCUT2D eigenvalue weighted by Crippen LogP contribution is 2.36. The summed E-state index contributed by atoms with van der Waals surface area (Å²) in [5.41, 5.74) is 4.59. The van der Waals surface area contributed by atoms with Crippen molar-refractivity contribution in [2.75, 3.05) is 19.5 Å². The first-order valence-corrected chi connectivity index (χ1v) is 10.6. The molecule has 0 fully saturated rings. The highest BCUT2D eigenvalue weighted by Gasteiger charge is 2.18. The summed E-state index contributed by atoms with van der Waals surface area (Å²) in [6.45, 7) is 5.85. The second kappa shape index (κ2) is 9.15. The molecule has 3 heterocycles. The molecule has 4 rings (SSSR count). The van der Waals surface area contributed by atoms with E-state index in [-0.39, 0.29) is 12.0 Å². The SMILES string of the molecule is CNC(=O)c1ccc(Nc2nc(OC(C)C)c3c(-c4ccnc(C)c4)c[nH]c3n2)c(OC)c1. The van der Waals surface area contributed by atoms with Crippen LogP contribution in [0.3, 0.4) is 0 Å². The topological polar surface area (TPSA) is 114 Å². The van der Waals surface area contributed by atoms with Crippen molar-refractivity contribution in [1.82, 2.24) is 25.3 Å². The maximum absolute atomic E-state index is 11.9. The Labute approximate surface area is 191 Å². The van der Waals surface area contributed by atoms with Crippen LogP contribution in [0.4, 0.5) is 11.6 Å². The van der Waals surface area contributed by atoms with Crippen LogP contribution in [0.25, 0.3) is 22.2 Å². The molecule has 0 atom stereocenters. The molecular weight excluding hydrogens is 420 g/mol. The van der Waals surface area contributed by atoms with Crippen LogP contribution < -0.4 is 20.1 Å². The van der Waals surface area contributed by atoms with Gasteiger partial charge in [0.05, 0.1) is 24.3 Å². The minimum atomic E-state index is -0.199. The molecule has 1 aromatic carbocycles. The van der Waals surface area contributed by atoms with Gasteiger partial charge in [-0.05, 0) is 56.7 Å². The summed E-state index contributed by atoms with van der Waals surface area (Å²) in [4.78, 5) is 28.8. The van der Waals surface area contributed by atoms with E-state index >= 15 is 0 Å². The molecule has 3 aromatic heterocycles. The molecule has 1 amide bonds. The van der Waals surface area contributed by atoms with Gasteiger partial charge >= 0.3 is 0 Å². The molecule has 0 radical (unpaired) electrons. The molecule has 170 valence electrons. The number of carbonyl (C=O) groups excluding carboxylic acids is 1. The fourth-order valence-corrected chi connectivity index (χ4v) is 3.51. The number of nitrogens with one attached hydrogen (secondary N) is 3. The minimum absolute atomic E-state index is 0.0840. The summed E-state index contributed by atoms with van der Waals surface area (Å²) in [5.74, 6) is 1.09. The first-order chi connectivity index (χ1) is 15.9. The molecule has 0 unspecified atom stereocenters. The van der Waals surface area contributed by atoms with E-state index in [1.807, 2.05) is 39.1 Å². The number of hydrogen-bond donors (Lipinski definition) is 3. The summed E-state index contributed by atoms with van der Waals surface area (Å²) in [5, 5.41) is 6.58. The lowest BCUT2D eigenvalue weighted by Crippen LogP contribution is -2.17. The Morgan fingerprint density at radius 3 is 2.67 bits per heavy atom. The number of carbonyl (C=O) groups is 1. The molecule has 0 aliphatic carbocycles. The number of aryl methyl sites for hydroxylation is 1. The van der Waals surface area contributed by atoms with Crippen molar-refractivity contribution in [2.24, 2.45) is 0 Å². The molecular formula is C24H26N6O3. The number of fused-ring (bicyclic) bond motifs is 1. The Kier molecular flexibility index (Phi) is 6.12. The van der Waals surface area contributed by atoms with Crippen molar-refractivity contribution >= 4 is 28.6 Å². The van der Waals surface area contributed by atoms with Gasteiger partial charge in [0.1, 0.15) is 11.4 Å². The number of ether oxygens (including phenoxy) is 2. The van der Waals surface area contributed by atoms with Gasteiger partial charge in [-0.1, -0.05) is 0 Å². The van der Waals surface area contributed by atoms with Crippen LogP contribution in [0.1, 0.15) is 29.9 Å². The zero-order valence-electron chi connectivity index (χ0n) is 19.2. The highest BCUT2D eigenvalue weighted by molar-refractivity contribution is 5.98. The molecule has 9 heteroatoms. The van der Waals surface area contributed by atoms with Gasteiger partial charge in [-0.25, -0.2) is 0 Å². The molecule has 0 saturated carbocycles. The lowest BCUT2D eigenvalue weighted by atomic mass is 10.1. The Hall–Kier alpha value is -4.14. The lowest BCUT2D eigenvalue weighted by Gasteiger charge is -2.14. The van der Waals surface area contributed by atoms with Crippen LogP contribution in [0.2, 0.25) is 0 Å². The molecule has 4 aromatic rings. The van der Waals surface area contributed by atoms with Crippen LogP contribution >= 0.6 is 0 Å². The fraction of sp³-hybridized carbons (Fsp3) is 0.250. The average Bonchev–Trinajstić information content (AvgIpc) is 3.23. The second-order valence-corrected chi connectivity index (χ2v) is 7.75. The van der Waals surface area contributed by atoms with E-state index in [0.717, 1.165) is 22.2 Å². The van der Waals surface area contributed by atoms with Gasteiger partial charge in [0, 0.05) is 36.3 Å². The summed E-state index contributed by atoms with van der Waals surface area (Å²) >= 11 is 0. The smallest absolute Gasteiger partial charge is 0.251 e. The Morgan fingerprint density at radius 1 is 1.15 bits per heavy atom. The molecule has 0 aliphatic heterocycles. The van der Waals surface area contributed by atoms with Gasteiger partial charge in [-0.3, -0.25) is 9.78 Å². The van der Waals surface area contributed by atoms with Crippen molar-refractivity contribution < 1.29 is 14.3 Å². The van der Waals surface area contributed by atoms with E-state index in [1.165, 1.54) is 0 Å². The average molecular weight is 447 g/mol. The van der Waals surface area contributed by atoms with Crippen molar-refractivity contribution in [1.29, 1.82) is 0 Å². The lowest BCUT2D eigenvalue weighted by molar-refractivity contribution is 0.0962. The van der Waals surface area contributed by atoms with Crippen LogP contribution in [0.5, 0.6) is 11.6 Å². The number of hydrogen-bond acceptors (Lipinski definition) is 7. The van der Waals surface area contributed by atoms with E-state index in [2.05, 4.69) is 30.6 Å². The third kappa shape index (κ3) is 4.57. The van der Waals surface area contributed by atoms with E-state index in [9.17, 15) is 4.79 Å². The summed E-state index contributed by atoms with van der Waals surface area (Å²) < 4.78 is 11.5. The van der Waals surface area contributed by atoms with Crippen molar-refractivity contribution in [2.45, 2.75) is 26.9 Å². The molecule has 9 nitrogen and oxygen atoms in total. The quantitative estimate of drug-likeness (QED) is 0.389. The van der Waals surface area contributed by atoms with Crippen LogP contribution in [0.15, 0.2) is 42.7 Å². The molecule has 0 spiro atoms. The van der Waals surface area contributed by atoms with E-state index in [4.69, 9.17) is 9.47 Å². The van der Waals surface area contributed by atoms with Gasteiger partial charge in [0.25, 0.3) is 5.91 Å². The zero-order valence-corrected chi connectivity index (χ0v) is 19.2. The highest BCUT2D eigenvalue weighted by atomic mass is 16.5. The van der Waals surface area contributed by atoms with Gasteiger partial charge < -0.3 is 25.1 Å². The number of H-pyrrole nitrogens is 1. The minimum Gasteiger partial charge on any atom is -0.495 e. The number of rotatable bonds is 7.